The summed E-state index contributed by atoms with van der Waals surface area (Å²) in [5.74, 6) is -0.471. The molecule has 7 heteroatoms. The van der Waals surface area contributed by atoms with Gasteiger partial charge in [0.05, 0.1) is 5.75 Å². The number of sulfonamides is 1. The van der Waals surface area contributed by atoms with Crippen LogP contribution in [0.5, 0.6) is 0 Å². The lowest BCUT2D eigenvalue weighted by Crippen LogP contribution is -2.44. The van der Waals surface area contributed by atoms with Crippen LogP contribution in [0.4, 0.5) is 4.39 Å². The van der Waals surface area contributed by atoms with Gasteiger partial charge in [0.2, 0.25) is 10.0 Å². The van der Waals surface area contributed by atoms with Gasteiger partial charge in [-0.3, -0.25) is 0 Å². The Bertz CT molecular complexity index is 528. The second-order valence-corrected chi connectivity index (χ2v) is 7.03. The zero-order valence-electron chi connectivity index (χ0n) is 12.0. The standard InChI is InChI=1S/C14H22FN3O2S/c15-14-4-2-13(3-5-14)12-21(19,20)17-6-1-9-18-10-7-16-8-11-18/h2-5,16-17H,1,6-12H2. The van der Waals surface area contributed by atoms with Crippen LogP contribution >= 0.6 is 0 Å². The van der Waals surface area contributed by atoms with Gasteiger partial charge < -0.3 is 10.2 Å². The van der Waals surface area contributed by atoms with Gasteiger partial charge in [-0.05, 0) is 30.7 Å². The van der Waals surface area contributed by atoms with E-state index in [4.69, 9.17) is 0 Å². The molecule has 0 aliphatic carbocycles. The van der Waals surface area contributed by atoms with Crippen molar-refractivity contribution in [1.82, 2.24) is 14.9 Å². The molecule has 1 aromatic carbocycles. The highest BCUT2D eigenvalue weighted by Gasteiger charge is 2.12. The van der Waals surface area contributed by atoms with Crippen molar-refractivity contribution in [2.75, 3.05) is 39.3 Å². The molecule has 0 saturated carbocycles. The molecule has 0 bridgehead atoms. The fourth-order valence-corrected chi connectivity index (χ4v) is 3.50. The molecule has 0 radical (unpaired) electrons. The highest BCUT2D eigenvalue weighted by Crippen LogP contribution is 2.06. The van der Waals surface area contributed by atoms with E-state index in [-0.39, 0.29) is 11.6 Å². The fourth-order valence-electron chi connectivity index (χ4n) is 2.32. The maximum atomic E-state index is 12.8. The van der Waals surface area contributed by atoms with Crippen molar-refractivity contribution in [3.8, 4) is 0 Å². The van der Waals surface area contributed by atoms with Crippen LogP contribution in [0.3, 0.4) is 0 Å². The largest absolute Gasteiger partial charge is 0.314 e. The van der Waals surface area contributed by atoms with E-state index in [1.54, 1.807) is 0 Å². The first kappa shape index (κ1) is 16.4. The summed E-state index contributed by atoms with van der Waals surface area (Å²) in [5, 5.41) is 3.28. The van der Waals surface area contributed by atoms with Crippen LogP contribution in [0.1, 0.15) is 12.0 Å². The summed E-state index contributed by atoms with van der Waals surface area (Å²) in [6, 6.07) is 5.54. The minimum atomic E-state index is -3.35. The number of benzene rings is 1. The number of nitrogens with one attached hydrogen (secondary N) is 2. The van der Waals surface area contributed by atoms with Crippen LogP contribution in [-0.2, 0) is 15.8 Å². The number of halogens is 1. The average Bonchev–Trinajstić information content (AvgIpc) is 2.47. The summed E-state index contributed by atoms with van der Waals surface area (Å²) in [5.41, 5.74) is 0.589. The molecule has 5 nitrogen and oxygen atoms in total. The van der Waals surface area contributed by atoms with E-state index >= 15 is 0 Å². The molecule has 0 amide bonds. The second kappa shape index (κ2) is 7.84. The zero-order chi connectivity index (χ0) is 15.1. The predicted octanol–water partition coefficient (Wildman–Crippen LogP) is 0.540. The van der Waals surface area contributed by atoms with Crippen molar-refractivity contribution < 1.29 is 12.8 Å². The van der Waals surface area contributed by atoms with Gasteiger partial charge in [0.15, 0.2) is 0 Å². The fraction of sp³-hybridized carbons (Fsp3) is 0.571. The van der Waals surface area contributed by atoms with E-state index in [2.05, 4.69) is 14.9 Å². The van der Waals surface area contributed by atoms with Crippen LogP contribution in [0.2, 0.25) is 0 Å². The average molecular weight is 315 g/mol. The molecule has 0 atom stereocenters. The summed E-state index contributed by atoms with van der Waals surface area (Å²) in [6.45, 7) is 5.37. The molecule has 1 saturated heterocycles. The Kier molecular flexibility index (Phi) is 6.10. The molecule has 2 N–H and O–H groups in total. The minimum absolute atomic E-state index is 0.110. The van der Waals surface area contributed by atoms with Crippen LogP contribution in [0.25, 0.3) is 0 Å². The molecule has 0 aromatic heterocycles. The molecule has 0 unspecified atom stereocenters. The van der Waals surface area contributed by atoms with E-state index in [0.29, 0.717) is 12.1 Å². The lowest BCUT2D eigenvalue weighted by atomic mass is 10.2. The van der Waals surface area contributed by atoms with Gasteiger partial charge >= 0.3 is 0 Å². The van der Waals surface area contributed by atoms with Gasteiger partial charge in [0.25, 0.3) is 0 Å². The van der Waals surface area contributed by atoms with Gasteiger partial charge in [-0.15, -0.1) is 0 Å². The number of piperazine rings is 1. The molecule has 0 spiro atoms. The molecule has 1 aliphatic rings. The molecule has 2 rings (SSSR count). The van der Waals surface area contributed by atoms with Crippen molar-refractivity contribution in [1.29, 1.82) is 0 Å². The van der Waals surface area contributed by atoms with Crippen molar-refractivity contribution in [3.05, 3.63) is 35.6 Å². The Labute approximate surface area is 125 Å². The molecule has 1 aliphatic heterocycles. The molecule has 21 heavy (non-hydrogen) atoms. The van der Waals surface area contributed by atoms with E-state index in [1.807, 2.05) is 0 Å². The topological polar surface area (TPSA) is 61.4 Å². The highest BCUT2D eigenvalue weighted by molar-refractivity contribution is 7.88. The van der Waals surface area contributed by atoms with Crippen molar-refractivity contribution >= 4 is 10.0 Å². The Hall–Kier alpha value is -1.02. The lowest BCUT2D eigenvalue weighted by molar-refractivity contribution is 0.239. The predicted molar refractivity (Wildman–Crippen MR) is 81.0 cm³/mol. The monoisotopic (exact) mass is 315 g/mol. The summed E-state index contributed by atoms with van der Waals surface area (Å²) in [7, 11) is -3.35. The highest BCUT2D eigenvalue weighted by atomic mass is 32.2. The Morgan fingerprint density at radius 3 is 2.52 bits per heavy atom. The van der Waals surface area contributed by atoms with E-state index < -0.39 is 10.0 Å². The maximum Gasteiger partial charge on any atom is 0.215 e. The first-order valence-electron chi connectivity index (χ1n) is 7.20. The summed E-state index contributed by atoms with van der Waals surface area (Å²) in [4.78, 5) is 2.32. The lowest BCUT2D eigenvalue weighted by Gasteiger charge is -2.27. The zero-order valence-corrected chi connectivity index (χ0v) is 12.8. The third kappa shape index (κ3) is 6.09. The first-order chi connectivity index (χ1) is 10.1. The molecule has 1 heterocycles. The van der Waals surface area contributed by atoms with Crippen molar-refractivity contribution in [2.45, 2.75) is 12.2 Å². The van der Waals surface area contributed by atoms with Crippen LogP contribution < -0.4 is 10.0 Å². The summed E-state index contributed by atoms with van der Waals surface area (Å²) in [6.07, 6.45) is 0.794. The molecule has 118 valence electrons. The van der Waals surface area contributed by atoms with Crippen LogP contribution in [-0.4, -0.2) is 52.6 Å². The van der Waals surface area contributed by atoms with E-state index in [1.165, 1.54) is 24.3 Å². The van der Waals surface area contributed by atoms with E-state index in [0.717, 1.165) is 39.1 Å². The van der Waals surface area contributed by atoms with E-state index in [9.17, 15) is 12.8 Å². The molecule has 1 aromatic rings. The third-order valence-corrected chi connectivity index (χ3v) is 4.81. The van der Waals surface area contributed by atoms with Gasteiger partial charge in [-0.1, -0.05) is 12.1 Å². The normalized spacial score (nSPS) is 17.0. The first-order valence-corrected chi connectivity index (χ1v) is 8.85. The van der Waals surface area contributed by atoms with Gasteiger partial charge in [-0.2, -0.15) is 0 Å². The quantitative estimate of drug-likeness (QED) is 0.721. The number of hydrogen-bond acceptors (Lipinski definition) is 4. The van der Waals surface area contributed by atoms with Crippen LogP contribution in [0.15, 0.2) is 24.3 Å². The van der Waals surface area contributed by atoms with Gasteiger partial charge in [0, 0.05) is 32.7 Å². The Morgan fingerprint density at radius 1 is 1.19 bits per heavy atom. The smallest absolute Gasteiger partial charge is 0.215 e. The molecule has 1 fully saturated rings. The summed E-state index contributed by atoms with van der Waals surface area (Å²) < 4.78 is 39.2. The Morgan fingerprint density at radius 2 is 1.86 bits per heavy atom. The summed E-state index contributed by atoms with van der Waals surface area (Å²) >= 11 is 0. The third-order valence-electron chi connectivity index (χ3n) is 3.45. The van der Waals surface area contributed by atoms with Crippen molar-refractivity contribution in [3.63, 3.8) is 0 Å². The molecular formula is C14H22FN3O2S. The number of rotatable bonds is 7. The van der Waals surface area contributed by atoms with Crippen molar-refractivity contribution in [2.24, 2.45) is 0 Å². The van der Waals surface area contributed by atoms with Gasteiger partial charge in [-0.25, -0.2) is 17.5 Å². The number of nitrogens with zero attached hydrogens (tertiary/aromatic N) is 1. The SMILES string of the molecule is O=S(=O)(Cc1ccc(F)cc1)NCCCN1CCNCC1. The minimum Gasteiger partial charge on any atom is -0.314 e. The van der Waals surface area contributed by atoms with Crippen LogP contribution in [0, 0.1) is 5.82 Å². The second-order valence-electron chi connectivity index (χ2n) is 5.23. The molecular weight excluding hydrogens is 293 g/mol. The number of hydrogen-bond donors (Lipinski definition) is 2. The van der Waals surface area contributed by atoms with Gasteiger partial charge in [0.1, 0.15) is 5.82 Å². The Balaban J connectivity index is 1.69. The maximum absolute atomic E-state index is 12.8.